The molecule has 0 heterocycles. The predicted molar refractivity (Wildman–Crippen MR) is 136 cm³/mol. The quantitative estimate of drug-likeness (QED) is 0.171. The molecule has 8 heteroatoms. The zero-order chi connectivity index (χ0) is 15.4. The van der Waals surface area contributed by atoms with Gasteiger partial charge in [0, 0.05) is 0 Å². The van der Waals surface area contributed by atoms with E-state index in [1.165, 1.54) is 58.0 Å². The standard InChI is InChI=1S/C17H40N4.4BrH/c1-3-5-10-18-12-7-14-20-16-9-17-21-15-8-13-19-11-6-4-2;;;;/h18-21H,3-17H2,1-2H3;4*1H. The van der Waals surface area contributed by atoms with Gasteiger partial charge in [-0.15, -0.1) is 67.9 Å². The van der Waals surface area contributed by atoms with E-state index in [4.69, 9.17) is 0 Å². The fraction of sp³-hybridized carbons (Fsp3) is 1.00. The van der Waals surface area contributed by atoms with Gasteiger partial charge in [0.25, 0.3) is 0 Å². The molecule has 0 rings (SSSR count). The number of nitrogens with one attached hydrogen (secondary N) is 4. The molecule has 0 aliphatic heterocycles. The summed E-state index contributed by atoms with van der Waals surface area (Å²) < 4.78 is 0. The molecule has 0 aromatic rings. The molecule has 0 bridgehead atoms. The van der Waals surface area contributed by atoms with Crippen LogP contribution in [0.15, 0.2) is 0 Å². The number of rotatable bonds is 18. The molecule has 0 aromatic carbocycles. The molecule has 0 aliphatic rings. The maximum Gasteiger partial charge on any atom is -0.00368 e. The van der Waals surface area contributed by atoms with Crippen molar-refractivity contribution in [1.82, 2.24) is 21.3 Å². The van der Waals surface area contributed by atoms with E-state index in [0.29, 0.717) is 0 Å². The summed E-state index contributed by atoms with van der Waals surface area (Å²) in [6, 6.07) is 0. The van der Waals surface area contributed by atoms with Gasteiger partial charge in [-0.1, -0.05) is 26.7 Å². The van der Waals surface area contributed by atoms with Gasteiger partial charge in [-0.25, -0.2) is 0 Å². The summed E-state index contributed by atoms with van der Waals surface area (Å²) in [6.07, 6.45) is 8.87. The van der Waals surface area contributed by atoms with E-state index < -0.39 is 0 Å². The Labute approximate surface area is 199 Å². The van der Waals surface area contributed by atoms with Gasteiger partial charge in [0.15, 0.2) is 0 Å². The Bertz CT molecular complexity index is 174. The predicted octanol–water partition coefficient (Wildman–Crippen LogP) is 4.43. The van der Waals surface area contributed by atoms with Gasteiger partial charge in [-0.2, -0.15) is 0 Å². The Morgan fingerprint density at radius 1 is 0.360 bits per heavy atom. The van der Waals surface area contributed by atoms with E-state index in [2.05, 4.69) is 35.1 Å². The molecule has 0 aromatic heterocycles. The van der Waals surface area contributed by atoms with Crippen LogP contribution in [0.25, 0.3) is 0 Å². The minimum atomic E-state index is 0. The largest absolute Gasteiger partial charge is 0.317 e. The second-order valence-electron chi connectivity index (χ2n) is 5.77. The maximum atomic E-state index is 3.51. The average Bonchev–Trinajstić information content (AvgIpc) is 2.50. The molecule has 0 saturated carbocycles. The molecule has 0 spiro atoms. The molecule has 0 fully saturated rings. The first kappa shape index (κ1) is 37.5. The molecular formula is C17H44Br4N4. The van der Waals surface area contributed by atoms with Crippen molar-refractivity contribution in [2.24, 2.45) is 0 Å². The van der Waals surface area contributed by atoms with E-state index in [1.54, 1.807) is 0 Å². The van der Waals surface area contributed by atoms with Crippen molar-refractivity contribution < 1.29 is 0 Å². The normalized spacial score (nSPS) is 9.36. The second-order valence-corrected chi connectivity index (χ2v) is 5.77. The number of halogens is 4. The van der Waals surface area contributed by atoms with E-state index >= 15 is 0 Å². The van der Waals surface area contributed by atoms with Gasteiger partial charge in [0.05, 0.1) is 0 Å². The van der Waals surface area contributed by atoms with Crippen molar-refractivity contribution in [3.05, 3.63) is 0 Å². The molecule has 0 aliphatic carbocycles. The highest BCUT2D eigenvalue weighted by molar-refractivity contribution is 8.93. The Balaban J connectivity index is -0.000000333. The minimum absolute atomic E-state index is 0. The lowest BCUT2D eigenvalue weighted by Gasteiger charge is -2.07. The molecule has 4 nitrogen and oxygen atoms in total. The summed E-state index contributed by atoms with van der Waals surface area (Å²) >= 11 is 0. The molecule has 25 heavy (non-hydrogen) atoms. The van der Waals surface area contributed by atoms with Crippen molar-refractivity contribution in [3.8, 4) is 0 Å². The zero-order valence-electron chi connectivity index (χ0n) is 16.2. The van der Waals surface area contributed by atoms with Gasteiger partial charge >= 0.3 is 0 Å². The fourth-order valence-corrected chi connectivity index (χ4v) is 2.12. The van der Waals surface area contributed by atoms with Crippen LogP contribution in [0.5, 0.6) is 0 Å². The Morgan fingerprint density at radius 3 is 0.760 bits per heavy atom. The summed E-state index contributed by atoms with van der Waals surface area (Å²) in [5.41, 5.74) is 0. The van der Waals surface area contributed by atoms with E-state index in [0.717, 1.165) is 39.3 Å². The van der Waals surface area contributed by atoms with Crippen LogP contribution in [0.4, 0.5) is 0 Å². The lowest BCUT2D eigenvalue weighted by atomic mass is 10.3. The molecule has 0 saturated heterocycles. The third-order valence-electron chi connectivity index (χ3n) is 3.54. The zero-order valence-corrected chi connectivity index (χ0v) is 23.1. The van der Waals surface area contributed by atoms with Gasteiger partial charge in [0.1, 0.15) is 0 Å². The fourth-order valence-electron chi connectivity index (χ4n) is 2.12. The third kappa shape index (κ3) is 37.2. The molecule has 160 valence electrons. The summed E-state index contributed by atoms with van der Waals surface area (Å²) in [4.78, 5) is 0. The van der Waals surface area contributed by atoms with Crippen molar-refractivity contribution in [1.29, 1.82) is 0 Å². The molecule has 0 amide bonds. The molecule has 0 radical (unpaired) electrons. The van der Waals surface area contributed by atoms with Crippen LogP contribution in [0, 0.1) is 0 Å². The maximum absolute atomic E-state index is 3.51. The van der Waals surface area contributed by atoms with Gasteiger partial charge in [-0.05, 0) is 84.5 Å². The monoisotopic (exact) mass is 620 g/mol. The molecular weight excluding hydrogens is 580 g/mol. The highest BCUT2D eigenvalue weighted by Gasteiger charge is 1.91. The average molecular weight is 624 g/mol. The van der Waals surface area contributed by atoms with Crippen LogP contribution in [-0.4, -0.2) is 52.4 Å². The summed E-state index contributed by atoms with van der Waals surface area (Å²) in [7, 11) is 0. The Kier molecular flexibility index (Phi) is 55.0. The molecule has 4 N–H and O–H groups in total. The Morgan fingerprint density at radius 2 is 0.560 bits per heavy atom. The van der Waals surface area contributed by atoms with E-state index in [9.17, 15) is 0 Å². The SMILES string of the molecule is Br.Br.Br.Br.CCCCNCCCNCCCNCCCNCCCC. The summed E-state index contributed by atoms with van der Waals surface area (Å²) in [5, 5.41) is 14.0. The topological polar surface area (TPSA) is 48.1 Å². The molecule has 0 atom stereocenters. The molecule has 0 unspecified atom stereocenters. The summed E-state index contributed by atoms with van der Waals surface area (Å²) in [5.74, 6) is 0. The first-order valence-corrected chi connectivity index (χ1v) is 9.24. The first-order valence-electron chi connectivity index (χ1n) is 9.24. The van der Waals surface area contributed by atoms with Crippen LogP contribution in [0.3, 0.4) is 0 Å². The third-order valence-corrected chi connectivity index (χ3v) is 3.54. The van der Waals surface area contributed by atoms with Crippen molar-refractivity contribution in [2.75, 3.05) is 52.4 Å². The minimum Gasteiger partial charge on any atom is -0.317 e. The van der Waals surface area contributed by atoms with E-state index in [-0.39, 0.29) is 67.9 Å². The van der Waals surface area contributed by atoms with Gasteiger partial charge < -0.3 is 21.3 Å². The van der Waals surface area contributed by atoms with Crippen molar-refractivity contribution in [2.45, 2.75) is 58.8 Å². The van der Waals surface area contributed by atoms with Crippen LogP contribution in [0.2, 0.25) is 0 Å². The summed E-state index contributed by atoms with van der Waals surface area (Å²) in [6.45, 7) is 13.7. The smallest absolute Gasteiger partial charge is 0.00368 e. The van der Waals surface area contributed by atoms with Crippen molar-refractivity contribution >= 4 is 67.9 Å². The highest BCUT2D eigenvalue weighted by atomic mass is 79.9. The van der Waals surface area contributed by atoms with Crippen LogP contribution in [0.1, 0.15) is 58.8 Å². The van der Waals surface area contributed by atoms with Gasteiger partial charge in [-0.3, -0.25) is 0 Å². The lowest BCUT2D eigenvalue weighted by Crippen LogP contribution is -2.27. The number of hydrogen-bond acceptors (Lipinski definition) is 4. The Hall–Kier alpha value is 1.76. The van der Waals surface area contributed by atoms with Crippen molar-refractivity contribution in [3.63, 3.8) is 0 Å². The van der Waals surface area contributed by atoms with E-state index in [1.807, 2.05) is 0 Å². The number of unbranched alkanes of at least 4 members (excludes halogenated alkanes) is 2. The lowest BCUT2D eigenvalue weighted by molar-refractivity contribution is 0.546. The van der Waals surface area contributed by atoms with Gasteiger partial charge in [0.2, 0.25) is 0 Å². The number of hydrogen-bond donors (Lipinski definition) is 4. The second kappa shape index (κ2) is 36.6. The van der Waals surface area contributed by atoms with Crippen LogP contribution in [-0.2, 0) is 0 Å². The highest BCUT2D eigenvalue weighted by Crippen LogP contribution is 1.84. The van der Waals surface area contributed by atoms with Crippen LogP contribution < -0.4 is 21.3 Å². The first-order chi connectivity index (χ1) is 10.4. The van der Waals surface area contributed by atoms with Crippen LogP contribution >= 0.6 is 67.9 Å².